The van der Waals surface area contributed by atoms with Gasteiger partial charge in [-0.1, -0.05) is 40.5 Å². The Morgan fingerprint density at radius 1 is 1.24 bits per heavy atom. The van der Waals surface area contributed by atoms with Crippen molar-refractivity contribution in [3.8, 4) is 0 Å². The van der Waals surface area contributed by atoms with E-state index >= 15 is 0 Å². The van der Waals surface area contributed by atoms with Crippen LogP contribution in [0.2, 0.25) is 0 Å². The first-order valence-corrected chi connectivity index (χ1v) is 7.42. The van der Waals surface area contributed by atoms with Gasteiger partial charge >= 0.3 is 0 Å². The maximum atomic E-state index is 3.73. The van der Waals surface area contributed by atoms with Gasteiger partial charge in [0.05, 0.1) is 0 Å². The van der Waals surface area contributed by atoms with Gasteiger partial charge in [0.25, 0.3) is 0 Å². The highest BCUT2D eigenvalue weighted by Gasteiger charge is 2.30. The van der Waals surface area contributed by atoms with Gasteiger partial charge in [-0.25, -0.2) is 0 Å². The number of hydrogen-bond acceptors (Lipinski definition) is 2. The van der Waals surface area contributed by atoms with Gasteiger partial charge in [0, 0.05) is 18.6 Å². The molecule has 0 amide bonds. The summed E-state index contributed by atoms with van der Waals surface area (Å²) in [6, 6.07) is 1.38. The zero-order chi connectivity index (χ0) is 12.9. The molecule has 2 atom stereocenters. The van der Waals surface area contributed by atoms with Crippen LogP contribution < -0.4 is 5.32 Å². The zero-order valence-corrected chi connectivity index (χ0v) is 12.6. The fourth-order valence-corrected chi connectivity index (χ4v) is 2.58. The van der Waals surface area contributed by atoms with Crippen molar-refractivity contribution in [1.29, 1.82) is 0 Å². The van der Waals surface area contributed by atoms with Gasteiger partial charge in [0.2, 0.25) is 0 Å². The Kier molecular flexibility index (Phi) is 5.94. The molecule has 2 nitrogen and oxygen atoms in total. The van der Waals surface area contributed by atoms with Crippen LogP contribution >= 0.6 is 0 Å². The molecule has 2 unspecified atom stereocenters. The first kappa shape index (κ1) is 15.0. The minimum absolute atomic E-state index is 0.368. The van der Waals surface area contributed by atoms with Crippen LogP contribution in [0.15, 0.2) is 0 Å². The first-order chi connectivity index (χ1) is 7.95. The molecule has 0 bridgehead atoms. The molecule has 0 aromatic rings. The van der Waals surface area contributed by atoms with Crippen LogP contribution in [-0.4, -0.2) is 36.6 Å². The van der Waals surface area contributed by atoms with E-state index in [2.05, 4.69) is 44.8 Å². The second-order valence-corrected chi connectivity index (χ2v) is 6.71. The minimum Gasteiger partial charge on any atom is -0.312 e. The predicted molar refractivity (Wildman–Crippen MR) is 76.4 cm³/mol. The van der Waals surface area contributed by atoms with Crippen LogP contribution in [0.4, 0.5) is 0 Å². The quantitative estimate of drug-likeness (QED) is 0.759. The summed E-state index contributed by atoms with van der Waals surface area (Å²) in [5.74, 6) is 0. The van der Waals surface area contributed by atoms with E-state index in [1.54, 1.807) is 0 Å². The summed E-state index contributed by atoms with van der Waals surface area (Å²) in [5, 5.41) is 3.73. The average molecular weight is 240 g/mol. The van der Waals surface area contributed by atoms with Crippen molar-refractivity contribution in [1.82, 2.24) is 10.2 Å². The van der Waals surface area contributed by atoms with Crippen molar-refractivity contribution in [2.24, 2.45) is 5.41 Å². The Morgan fingerprint density at radius 2 is 1.94 bits per heavy atom. The Labute approximate surface area is 108 Å². The van der Waals surface area contributed by atoms with Crippen LogP contribution in [0.25, 0.3) is 0 Å². The molecule has 1 aliphatic heterocycles. The van der Waals surface area contributed by atoms with Crippen LogP contribution in [-0.2, 0) is 0 Å². The van der Waals surface area contributed by atoms with E-state index < -0.39 is 0 Å². The fraction of sp³-hybridized carbons (Fsp3) is 1.00. The third-order valence-electron chi connectivity index (χ3n) is 4.09. The fourth-order valence-electron chi connectivity index (χ4n) is 2.58. The van der Waals surface area contributed by atoms with Gasteiger partial charge < -0.3 is 5.32 Å². The monoisotopic (exact) mass is 240 g/mol. The van der Waals surface area contributed by atoms with E-state index in [0.29, 0.717) is 11.5 Å². The summed E-state index contributed by atoms with van der Waals surface area (Å²) in [6.07, 6.45) is 5.34. The molecule has 2 heteroatoms. The molecule has 0 radical (unpaired) electrons. The normalized spacial score (nSPS) is 28.1. The van der Waals surface area contributed by atoms with Gasteiger partial charge in [-0.3, -0.25) is 4.90 Å². The molecule has 0 saturated carbocycles. The van der Waals surface area contributed by atoms with Crippen molar-refractivity contribution in [3.05, 3.63) is 0 Å². The van der Waals surface area contributed by atoms with Crippen LogP contribution in [0.1, 0.15) is 60.3 Å². The minimum atomic E-state index is 0.368. The molecular weight excluding hydrogens is 208 g/mol. The number of nitrogens with zero attached hydrogens (tertiary/aromatic N) is 1. The SMILES string of the molecule is CCCCCN1CC(C(C)(C)C)NCCC1C. The van der Waals surface area contributed by atoms with Crippen molar-refractivity contribution in [2.75, 3.05) is 19.6 Å². The van der Waals surface area contributed by atoms with Crippen molar-refractivity contribution in [2.45, 2.75) is 72.4 Å². The summed E-state index contributed by atoms with van der Waals surface area (Å²) >= 11 is 0. The molecule has 1 aliphatic rings. The van der Waals surface area contributed by atoms with Gasteiger partial charge in [0.1, 0.15) is 0 Å². The molecule has 1 heterocycles. The van der Waals surface area contributed by atoms with Crippen LogP contribution in [0, 0.1) is 5.41 Å². The summed E-state index contributed by atoms with van der Waals surface area (Å²) in [4.78, 5) is 2.70. The summed E-state index contributed by atoms with van der Waals surface area (Å²) in [6.45, 7) is 15.4. The standard InChI is InChI=1S/C15H32N2/c1-6-7-8-11-17-12-14(15(3,4)5)16-10-9-13(17)2/h13-14,16H,6-12H2,1-5H3. The van der Waals surface area contributed by atoms with Gasteiger partial charge in [0.15, 0.2) is 0 Å². The van der Waals surface area contributed by atoms with Crippen LogP contribution in [0.3, 0.4) is 0 Å². The van der Waals surface area contributed by atoms with E-state index in [1.807, 2.05) is 0 Å². The average Bonchev–Trinajstić information content (AvgIpc) is 2.41. The molecule has 1 fully saturated rings. The Balaban J connectivity index is 2.53. The Bertz CT molecular complexity index is 207. The van der Waals surface area contributed by atoms with E-state index in [-0.39, 0.29) is 0 Å². The molecule has 1 N–H and O–H groups in total. The highest BCUT2D eigenvalue weighted by Crippen LogP contribution is 2.23. The molecule has 1 rings (SSSR count). The molecular formula is C15H32N2. The maximum absolute atomic E-state index is 3.73. The molecule has 0 aliphatic carbocycles. The molecule has 17 heavy (non-hydrogen) atoms. The van der Waals surface area contributed by atoms with E-state index in [1.165, 1.54) is 45.3 Å². The van der Waals surface area contributed by atoms with Crippen LogP contribution in [0.5, 0.6) is 0 Å². The number of rotatable bonds is 4. The topological polar surface area (TPSA) is 15.3 Å². The van der Waals surface area contributed by atoms with Crippen molar-refractivity contribution < 1.29 is 0 Å². The maximum Gasteiger partial charge on any atom is 0.0243 e. The van der Waals surface area contributed by atoms with Gasteiger partial charge in [-0.15, -0.1) is 0 Å². The highest BCUT2D eigenvalue weighted by atomic mass is 15.2. The number of unbranched alkanes of at least 4 members (excludes halogenated alkanes) is 2. The third-order valence-corrected chi connectivity index (χ3v) is 4.09. The zero-order valence-electron chi connectivity index (χ0n) is 12.6. The highest BCUT2D eigenvalue weighted by molar-refractivity contribution is 4.88. The molecule has 102 valence electrons. The third kappa shape index (κ3) is 4.97. The van der Waals surface area contributed by atoms with Gasteiger partial charge in [-0.05, 0) is 38.3 Å². The second-order valence-electron chi connectivity index (χ2n) is 6.71. The van der Waals surface area contributed by atoms with Crippen molar-refractivity contribution >= 4 is 0 Å². The Morgan fingerprint density at radius 3 is 2.53 bits per heavy atom. The largest absolute Gasteiger partial charge is 0.312 e. The smallest absolute Gasteiger partial charge is 0.0243 e. The lowest BCUT2D eigenvalue weighted by atomic mass is 9.86. The van der Waals surface area contributed by atoms with E-state index in [4.69, 9.17) is 0 Å². The number of hydrogen-bond donors (Lipinski definition) is 1. The molecule has 0 aromatic carbocycles. The lowest BCUT2D eigenvalue weighted by Gasteiger charge is -2.35. The molecule has 0 aromatic heterocycles. The lowest BCUT2D eigenvalue weighted by Crippen LogP contribution is -2.47. The summed E-state index contributed by atoms with van der Waals surface area (Å²) in [5.41, 5.74) is 0.368. The Hall–Kier alpha value is -0.0800. The summed E-state index contributed by atoms with van der Waals surface area (Å²) < 4.78 is 0. The summed E-state index contributed by atoms with van der Waals surface area (Å²) in [7, 11) is 0. The first-order valence-electron chi connectivity index (χ1n) is 7.42. The van der Waals surface area contributed by atoms with E-state index in [9.17, 15) is 0 Å². The second kappa shape index (κ2) is 6.75. The van der Waals surface area contributed by atoms with E-state index in [0.717, 1.165) is 6.04 Å². The predicted octanol–water partition coefficient (Wildman–Crippen LogP) is 3.28. The lowest BCUT2D eigenvalue weighted by molar-refractivity contribution is 0.161. The molecule has 1 saturated heterocycles. The number of nitrogens with one attached hydrogen (secondary N) is 1. The van der Waals surface area contributed by atoms with Gasteiger partial charge in [-0.2, -0.15) is 0 Å². The van der Waals surface area contributed by atoms with Crippen molar-refractivity contribution in [3.63, 3.8) is 0 Å². The molecule has 0 spiro atoms.